The second-order valence-electron chi connectivity index (χ2n) is 11.1. The van der Waals surface area contributed by atoms with Gasteiger partial charge in [-0.25, -0.2) is 0 Å². The molecular formula is C28H39N3O3. The van der Waals surface area contributed by atoms with Gasteiger partial charge in [-0.2, -0.15) is 0 Å². The Morgan fingerprint density at radius 1 is 1.12 bits per heavy atom. The van der Waals surface area contributed by atoms with Gasteiger partial charge in [-0.05, 0) is 62.0 Å². The van der Waals surface area contributed by atoms with Crippen molar-refractivity contribution in [2.75, 3.05) is 24.6 Å². The summed E-state index contributed by atoms with van der Waals surface area (Å²) in [6.45, 7) is 11.4. The van der Waals surface area contributed by atoms with Crippen molar-refractivity contribution in [3.05, 3.63) is 35.8 Å². The fourth-order valence-electron chi connectivity index (χ4n) is 5.22. The Bertz CT molecular complexity index is 985. The molecule has 2 fully saturated rings. The minimum Gasteiger partial charge on any atom is -0.492 e. The van der Waals surface area contributed by atoms with Gasteiger partial charge in [-0.15, -0.1) is 0 Å². The van der Waals surface area contributed by atoms with E-state index in [0.717, 1.165) is 72.4 Å². The zero-order valence-electron chi connectivity index (χ0n) is 21.1. The van der Waals surface area contributed by atoms with Gasteiger partial charge in [0.15, 0.2) is 0 Å². The number of ether oxygens (including phenoxy) is 1. The number of anilines is 1. The highest BCUT2D eigenvalue weighted by atomic mass is 16.5. The second kappa shape index (κ2) is 10.3. The number of aromatic nitrogens is 2. The van der Waals surface area contributed by atoms with Crippen LogP contribution in [-0.4, -0.2) is 40.7 Å². The lowest BCUT2D eigenvalue weighted by molar-refractivity contribution is -0.136. The molecule has 1 saturated carbocycles. The van der Waals surface area contributed by atoms with E-state index in [2.05, 4.69) is 30.7 Å². The van der Waals surface area contributed by atoms with Gasteiger partial charge < -0.3 is 14.7 Å². The molecule has 6 nitrogen and oxygen atoms in total. The standard InChI is InChI=1S/C28H39N3O3/c1-19-5-7-21(8-6-19)18-34-22-9-10-25(30-16-22)24-17-29-20(2)23(15-26(32)33)27(24)31-13-11-28(3,4)12-14-31/h9-10,16-17,19,21H,5-8,11-15,18H2,1-4H3,(H,32,33). The average molecular weight is 466 g/mol. The monoisotopic (exact) mass is 465 g/mol. The molecule has 0 aromatic carbocycles. The zero-order chi connectivity index (χ0) is 24.3. The van der Waals surface area contributed by atoms with Crippen molar-refractivity contribution in [3.8, 4) is 17.0 Å². The second-order valence-corrected chi connectivity index (χ2v) is 11.1. The third-order valence-electron chi connectivity index (χ3n) is 7.76. The van der Waals surface area contributed by atoms with Crippen LogP contribution >= 0.6 is 0 Å². The lowest BCUT2D eigenvalue weighted by Gasteiger charge is -2.40. The van der Waals surface area contributed by atoms with Gasteiger partial charge in [0.25, 0.3) is 0 Å². The van der Waals surface area contributed by atoms with Crippen molar-refractivity contribution in [2.45, 2.75) is 72.6 Å². The van der Waals surface area contributed by atoms with Gasteiger partial charge >= 0.3 is 5.97 Å². The number of pyridine rings is 2. The Kier molecular flexibility index (Phi) is 7.44. The van der Waals surface area contributed by atoms with Crippen LogP contribution < -0.4 is 9.64 Å². The average Bonchev–Trinajstić information content (AvgIpc) is 2.80. The number of carboxylic acids is 1. The fraction of sp³-hybridized carbons (Fsp3) is 0.607. The topological polar surface area (TPSA) is 75.6 Å². The number of aliphatic carboxylic acids is 1. The molecule has 0 radical (unpaired) electrons. The molecule has 34 heavy (non-hydrogen) atoms. The van der Waals surface area contributed by atoms with Crippen LogP contribution in [0.5, 0.6) is 5.75 Å². The van der Waals surface area contributed by atoms with Crippen LogP contribution in [0.1, 0.15) is 70.6 Å². The van der Waals surface area contributed by atoms with Crippen molar-refractivity contribution in [3.63, 3.8) is 0 Å². The van der Waals surface area contributed by atoms with E-state index in [1.807, 2.05) is 25.3 Å². The Balaban J connectivity index is 1.57. The molecular weight excluding hydrogens is 426 g/mol. The third-order valence-corrected chi connectivity index (χ3v) is 7.76. The van der Waals surface area contributed by atoms with E-state index in [9.17, 15) is 9.90 Å². The number of hydrogen-bond acceptors (Lipinski definition) is 5. The van der Waals surface area contributed by atoms with Crippen molar-refractivity contribution < 1.29 is 14.6 Å². The summed E-state index contributed by atoms with van der Waals surface area (Å²) in [5, 5.41) is 9.60. The smallest absolute Gasteiger partial charge is 0.307 e. The molecule has 0 atom stereocenters. The van der Waals surface area contributed by atoms with E-state index in [1.54, 1.807) is 6.20 Å². The summed E-state index contributed by atoms with van der Waals surface area (Å²) >= 11 is 0. The van der Waals surface area contributed by atoms with E-state index in [4.69, 9.17) is 9.72 Å². The first-order valence-electron chi connectivity index (χ1n) is 12.8. The van der Waals surface area contributed by atoms with E-state index < -0.39 is 5.97 Å². The highest BCUT2D eigenvalue weighted by Gasteiger charge is 2.29. The molecule has 3 heterocycles. The summed E-state index contributed by atoms with van der Waals surface area (Å²) in [5.41, 5.74) is 4.54. The minimum absolute atomic E-state index is 0.0386. The maximum absolute atomic E-state index is 11.7. The molecule has 1 aliphatic carbocycles. The van der Waals surface area contributed by atoms with Crippen LogP contribution in [0.3, 0.4) is 0 Å². The zero-order valence-corrected chi connectivity index (χ0v) is 21.1. The molecule has 184 valence electrons. The highest BCUT2D eigenvalue weighted by Crippen LogP contribution is 2.39. The number of carboxylic acid groups (broad SMARTS) is 1. The summed E-state index contributed by atoms with van der Waals surface area (Å²) in [5.74, 6) is 1.42. The molecule has 2 aliphatic rings. The van der Waals surface area contributed by atoms with E-state index >= 15 is 0 Å². The Morgan fingerprint density at radius 3 is 2.44 bits per heavy atom. The molecule has 0 spiro atoms. The summed E-state index contributed by atoms with van der Waals surface area (Å²) in [4.78, 5) is 23.3. The molecule has 2 aromatic rings. The van der Waals surface area contributed by atoms with Crippen LogP contribution in [0.4, 0.5) is 5.69 Å². The largest absolute Gasteiger partial charge is 0.492 e. The van der Waals surface area contributed by atoms with E-state index in [-0.39, 0.29) is 6.42 Å². The lowest BCUT2D eigenvalue weighted by atomic mass is 9.82. The predicted octanol–water partition coefficient (Wildman–Crippen LogP) is 5.91. The first kappa shape index (κ1) is 24.5. The summed E-state index contributed by atoms with van der Waals surface area (Å²) in [7, 11) is 0. The van der Waals surface area contributed by atoms with Gasteiger partial charge in [0.1, 0.15) is 5.75 Å². The SMILES string of the molecule is Cc1ncc(-c2ccc(OCC3CCC(C)CC3)cn2)c(N2CCC(C)(C)CC2)c1CC(=O)O. The van der Waals surface area contributed by atoms with Gasteiger partial charge in [0.2, 0.25) is 0 Å². The minimum atomic E-state index is -0.838. The fourth-order valence-corrected chi connectivity index (χ4v) is 5.22. The van der Waals surface area contributed by atoms with E-state index in [0.29, 0.717) is 11.3 Å². The molecule has 0 bridgehead atoms. The number of nitrogens with zero attached hydrogens (tertiary/aromatic N) is 3. The van der Waals surface area contributed by atoms with Crippen molar-refractivity contribution >= 4 is 11.7 Å². The summed E-state index contributed by atoms with van der Waals surface area (Å²) in [6.07, 6.45) is 10.8. The van der Waals surface area contributed by atoms with Crippen molar-refractivity contribution in [2.24, 2.45) is 17.3 Å². The molecule has 1 N–H and O–H groups in total. The number of hydrogen-bond donors (Lipinski definition) is 1. The number of carbonyl (C=O) groups is 1. The number of piperidine rings is 1. The van der Waals surface area contributed by atoms with Crippen LogP contribution in [0.2, 0.25) is 0 Å². The molecule has 6 heteroatoms. The van der Waals surface area contributed by atoms with E-state index in [1.165, 1.54) is 25.7 Å². The lowest BCUT2D eigenvalue weighted by Crippen LogP contribution is -2.38. The van der Waals surface area contributed by atoms with Crippen LogP contribution in [0.25, 0.3) is 11.3 Å². The van der Waals surface area contributed by atoms with Gasteiger partial charge in [-0.1, -0.05) is 33.6 Å². The van der Waals surface area contributed by atoms with Crippen molar-refractivity contribution in [1.82, 2.24) is 9.97 Å². The molecule has 2 aromatic heterocycles. The third kappa shape index (κ3) is 5.89. The molecule has 1 saturated heterocycles. The predicted molar refractivity (Wildman–Crippen MR) is 135 cm³/mol. The number of aryl methyl sites for hydroxylation is 1. The van der Waals surface area contributed by atoms with Gasteiger partial charge in [0.05, 0.1) is 30.6 Å². The summed E-state index contributed by atoms with van der Waals surface area (Å²) < 4.78 is 6.07. The molecule has 1 aliphatic heterocycles. The van der Waals surface area contributed by atoms with Gasteiger partial charge in [-0.3, -0.25) is 14.8 Å². The Labute approximate surface area is 203 Å². The van der Waals surface area contributed by atoms with Crippen LogP contribution in [0, 0.1) is 24.2 Å². The maximum atomic E-state index is 11.7. The quantitative estimate of drug-likeness (QED) is 0.548. The molecule has 4 rings (SSSR count). The molecule has 0 unspecified atom stereocenters. The first-order valence-corrected chi connectivity index (χ1v) is 12.8. The Morgan fingerprint density at radius 2 is 1.82 bits per heavy atom. The number of rotatable bonds is 7. The Hall–Kier alpha value is -2.63. The van der Waals surface area contributed by atoms with Crippen LogP contribution in [-0.2, 0) is 11.2 Å². The first-order chi connectivity index (χ1) is 16.2. The molecule has 0 amide bonds. The summed E-state index contributed by atoms with van der Waals surface area (Å²) in [6, 6.07) is 3.96. The van der Waals surface area contributed by atoms with Crippen LogP contribution in [0.15, 0.2) is 24.5 Å². The highest BCUT2D eigenvalue weighted by molar-refractivity contribution is 5.83. The normalized spacial score (nSPS) is 22.4. The maximum Gasteiger partial charge on any atom is 0.307 e. The van der Waals surface area contributed by atoms with Gasteiger partial charge in [0, 0.05) is 36.1 Å². The van der Waals surface area contributed by atoms with Crippen molar-refractivity contribution in [1.29, 1.82) is 0 Å².